The zero-order valence-electron chi connectivity index (χ0n) is 11.3. The van der Waals surface area contributed by atoms with Crippen molar-refractivity contribution in [2.45, 2.75) is 31.9 Å². The number of aliphatic hydroxyl groups excluding tert-OH is 1. The predicted octanol–water partition coefficient (Wildman–Crippen LogP) is 1.82. The lowest BCUT2D eigenvalue weighted by molar-refractivity contribution is 0.0391. The standard InChI is InChI=1S/C14H18FNO3/c1-14(2)12(17)6-7-16(14)13(18)10-8-9(15)4-5-11(10)19-3/h4-5,8,12,17H,6-7H2,1-3H3. The van der Waals surface area contributed by atoms with Crippen molar-refractivity contribution in [3.8, 4) is 5.75 Å². The molecule has 0 radical (unpaired) electrons. The molecule has 1 unspecified atom stereocenters. The average molecular weight is 267 g/mol. The zero-order chi connectivity index (χ0) is 14.2. The molecular weight excluding hydrogens is 249 g/mol. The lowest BCUT2D eigenvalue weighted by Crippen LogP contribution is -2.48. The number of halogens is 1. The van der Waals surface area contributed by atoms with Crippen molar-refractivity contribution < 1.29 is 19.0 Å². The van der Waals surface area contributed by atoms with Crippen LogP contribution in [0, 0.1) is 5.82 Å². The first-order valence-corrected chi connectivity index (χ1v) is 6.21. The number of aliphatic hydroxyl groups is 1. The van der Waals surface area contributed by atoms with E-state index in [1.807, 2.05) is 0 Å². The van der Waals surface area contributed by atoms with E-state index in [0.717, 1.165) is 0 Å². The third-order valence-electron chi connectivity index (χ3n) is 3.77. The van der Waals surface area contributed by atoms with Crippen LogP contribution >= 0.6 is 0 Å². The number of nitrogens with zero attached hydrogens (tertiary/aromatic N) is 1. The first kappa shape index (κ1) is 13.8. The quantitative estimate of drug-likeness (QED) is 0.889. The molecule has 104 valence electrons. The number of amides is 1. The van der Waals surface area contributed by atoms with Crippen LogP contribution in [0.15, 0.2) is 18.2 Å². The number of carbonyl (C=O) groups excluding carboxylic acids is 1. The van der Waals surface area contributed by atoms with Crippen LogP contribution in [0.4, 0.5) is 4.39 Å². The number of hydrogen-bond acceptors (Lipinski definition) is 3. The van der Waals surface area contributed by atoms with E-state index in [2.05, 4.69) is 0 Å². The Morgan fingerprint density at radius 3 is 2.74 bits per heavy atom. The molecule has 1 aliphatic rings. The second-order valence-electron chi connectivity index (χ2n) is 5.26. The van der Waals surface area contributed by atoms with Crippen molar-refractivity contribution in [1.82, 2.24) is 4.90 Å². The molecular formula is C14H18FNO3. The summed E-state index contributed by atoms with van der Waals surface area (Å²) in [4.78, 5) is 14.1. The Kier molecular flexibility index (Phi) is 3.49. The van der Waals surface area contributed by atoms with Crippen LogP contribution in [0.2, 0.25) is 0 Å². The number of ether oxygens (including phenoxy) is 1. The highest BCUT2D eigenvalue weighted by Crippen LogP contribution is 2.32. The number of hydrogen-bond donors (Lipinski definition) is 1. The number of rotatable bonds is 2. The zero-order valence-corrected chi connectivity index (χ0v) is 11.3. The average Bonchev–Trinajstić information content (AvgIpc) is 2.63. The molecule has 5 heteroatoms. The molecule has 19 heavy (non-hydrogen) atoms. The highest BCUT2D eigenvalue weighted by atomic mass is 19.1. The molecule has 1 atom stereocenters. The van der Waals surface area contributed by atoms with Crippen LogP contribution in [0.3, 0.4) is 0 Å². The Bertz CT molecular complexity index is 501. The van der Waals surface area contributed by atoms with Crippen molar-refractivity contribution in [3.63, 3.8) is 0 Å². The number of likely N-dealkylation sites (tertiary alicyclic amines) is 1. The highest BCUT2D eigenvalue weighted by molar-refractivity contribution is 5.97. The van der Waals surface area contributed by atoms with Gasteiger partial charge in [-0.2, -0.15) is 0 Å². The van der Waals surface area contributed by atoms with Crippen molar-refractivity contribution in [2.75, 3.05) is 13.7 Å². The summed E-state index contributed by atoms with van der Waals surface area (Å²) in [6, 6.07) is 3.85. The molecule has 1 aliphatic heterocycles. The van der Waals surface area contributed by atoms with Gasteiger partial charge in [0.25, 0.3) is 5.91 Å². The Hall–Kier alpha value is -1.62. The Morgan fingerprint density at radius 1 is 1.53 bits per heavy atom. The molecule has 4 nitrogen and oxygen atoms in total. The maximum absolute atomic E-state index is 13.3. The minimum Gasteiger partial charge on any atom is -0.496 e. The van der Waals surface area contributed by atoms with E-state index in [9.17, 15) is 14.3 Å². The maximum Gasteiger partial charge on any atom is 0.258 e. The van der Waals surface area contributed by atoms with Crippen LogP contribution < -0.4 is 4.74 Å². The van der Waals surface area contributed by atoms with Gasteiger partial charge >= 0.3 is 0 Å². The van der Waals surface area contributed by atoms with Gasteiger partial charge in [0.05, 0.1) is 24.3 Å². The van der Waals surface area contributed by atoms with E-state index >= 15 is 0 Å². The lowest BCUT2D eigenvalue weighted by atomic mass is 9.98. The summed E-state index contributed by atoms with van der Waals surface area (Å²) in [5.74, 6) is -0.469. The van der Waals surface area contributed by atoms with E-state index < -0.39 is 17.5 Å². The summed E-state index contributed by atoms with van der Waals surface area (Å²) in [7, 11) is 1.44. The molecule has 2 rings (SSSR count). The van der Waals surface area contributed by atoms with Gasteiger partial charge in [-0.25, -0.2) is 4.39 Å². The molecule has 0 bridgehead atoms. The van der Waals surface area contributed by atoms with Gasteiger partial charge in [-0.3, -0.25) is 4.79 Å². The van der Waals surface area contributed by atoms with Gasteiger partial charge in [0.15, 0.2) is 0 Å². The van der Waals surface area contributed by atoms with Gasteiger partial charge in [0.1, 0.15) is 11.6 Å². The summed E-state index contributed by atoms with van der Waals surface area (Å²) >= 11 is 0. The topological polar surface area (TPSA) is 49.8 Å². The van der Waals surface area contributed by atoms with Crippen molar-refractivity contribution in [2.24, 2.45) is 0 Å². The molecule has 1 amide bonds. The number of benzene rings is 1. The summed E-state index contributed by atoms with van der Waals surface area (Å²) < 4.78 is 18.4. The van der Waals surface area contributed by atoms with Crippen LogP contribution in [-0.4, -0.2) is 41.2 Å². The minimum atomic E-state index is -0.658. The van der Waals surface area contributed by atoms with Crippen LogP contribution in [-0.2, 0) is 0 Å². The molecule has 1 heterocycles. The Balaban J connectivity index is 2.37. The molecule has 0 spiro atoms. The number of carbonyl (C=O) groups is 1. The Labute approximate surface area is 111 Å². The molecule has 0 aromatic heterocycles. The van der Waals surface area contributed by atoms with Crippen LogP contribution in [0.25, 0.3) is 0 Å². The fourth-order valence-corrected chi connectivity index (χ4v) is 2.43. The monoisotopic (exact) mass is 267 g/mol. The second kappa shape index (κ2) is 4.81. The fraction of sp³-hybridized carbons (Fsp3) is 0.500. The van der Waals surface area contributed by atoms with Gasteiger partial charge < -0.3 is 14.7 Å². The molecule has 1 fully saturated rings. The smallest absolute Gasteiger partial charge is 0.258 e. The highest BCUT2D eigenvalue weighted by Gasteiger charge is 2.43. The normalized spacial score (nSPS) is 21.5. The fourth-order valence-electron chi connectivity index (χ4n) is 2.43. The maximum atomic E-state index is 13.3. The van der Waals surface area contributed by atoms with Gasteiger partial charge in [-0.1, -0.05) is 0 Å². The van der Waals surface area contributed by atoms with Crippen molar-refractivity contribution >= 4 is 5.91 Å². The van der Waals surface area contributed by atoms with Gasteiger partial charge in [0, 0.05) is 6.54 Å². The molecule has 0 aliphatic carbocycles. The first-order chi connectivity index (χ1) is 8.87. The van der Waals surface area contributed by atoms with Crippen LogP contribution in [0.5, 0.6) is 5.75 Å². The van der Waals surface area contributed by atoms with Crippen LogP contribution in [0.1, 0.15) is 30.6 Å². The van der Waals surface area contributed by atoms with E-state index in [0.29, 0.717) is 18.7 Å². The molecule has 0 saturated carbocycles. The SMILES string of the molecule is COc1ccc(F)cc1C(=O)N1CCC(O)C1(C)C. The Morgan fingerprint density at radius 2 is 2.21 bits per heavy atom. The predicted molar refractivity (Wildman–Crippen MR) is 68.7 cm³/mol. The molecule has 1 saturated heterocycles. The first-order valence-electron chi connectivity index (χ1n) is 6.21. The minimum absolute atomic E-state index is 0.185. The third-order valence-corrected chi connectivity index (χ3v) is 3.77. The van der Waals surface area contributed by atoms with E-state index in [1.54, 1.807) is 18.7 Å². The summed E-state index contributed by atoms with van der Waals surface area (Å²) in [6.07, 6.45) is -0.0490. The lowest BCUT2D eigenvalue weighted by Gasteiger charge is -2.34. The summed E-state index contributed by atoms with van der Waals surface area (Å²) in [6.45, 7) is 4.05. The summed E-state index contributed by atoms with van der Waals surface area (Å²) in [5.41, 5.74) is -0.473. The van der Waals surface area contributed by atoms with Crippen molar-refractivity contribution in [3.05, 3.63) is 29.6 Å². The van der Waals surface area contributed by atoms with E-state index in [1.165, 1.54) is 25.3 Å². The number of methoxy groups -OCH3 is 1. The molecule has 1 aromatic carbocycles. The van der Waals surface area contributed by atoms with E-state index in [4.69, 9.17) is 4.74 Å². The van der Waals surface area contributed by atoms with Gasteiger partial charge in [-0.15, -0.1) is 0 Å². The summed E-state index contributed by atoms with van der Waals surface area (Å²) in [5, 5.41) is 9.91. The molecule has 1 N–H and O–H groups in total. The van der Waals surface area contributed by atoms with Gasteiger partial charge in [0.2, 0.25) is 0 Å². The van der Waals surface area contributed by atoms with Crippen molar-refractivity contribution in [1.29, 1.82) is 0 Å². The second-order valence-corrected chi connectivity index (χ2v) is 5.26. The van der Waals surface area contributed by atoms with Gasteiger partial charge in [-0.05, 0) is 38.5 Å². The largest absolute Gasteiger partial charge is 0.496 e. The molecule has 1 aromatic rings. The third kappa shape index (κ3) is 2.30. The van der Waals surface area contributed by atoms with E-state index in [-0.39, 0.29) is 11.5 Å².